The highest BCUT2D eigenvalue weighted by atomic mass is 35.5. The summed E-state index contributed by atoms with van der Waals surface area (Å²) in [5.74, 6) is -1.65. The van der Waals surface area contributed by atoms with Crippen molar-refractivity contribution in [3.05, 3.63) is 46.8 Å². The minimum atomic E-state index is -1.11. The van der Waals surface area contributed by atoms with Gasteiger partial charge in [0, 0.05) is 17.2 Å². The zero-order valence-corrected chi connectivity index (χ0v) is 10.4. The van der Waals surface area contributed by atoms with Crippen LogP contribution >= 0.6 is 11.6 Å². The Kier molecular flexibility index (Phi) is 5.39. The van der Waals surface area contributed by atoms with Gasteiger partial charge in [-0.25, -0.2) is 9.18 Å². The molecule has 0 amide bonds. The Morgan fingerprint density at radius 3 is 2.89 bits per heavy atom. The number of carboxylic acids is 1. The lowest BCUT2D eigenvalue weighted by Crippen LogP contribution is -2.02. The van der Waals surface area contributed by atoms with Crippen LogP contribution in [0.2, 0.25) is 0 Å². The number of carboxylic acid groups (broad SMARTS) is 1. The summed E-state index contributed by atoms with van der Waals surface area (Å²) >= 11 is 5.47. The van der Waals surface area contributed by atoms with Crippen LogP contribution in [0.3, 0.4) is 0 Å². The van der Waals surface area contributed by atoms with Crippen LogP contribution in [0, 0.1) is 5.82 Å². The average molecular weight is 271 g/mol. The van der Waals surface area contributed by atoms with Crippen LogP contribution in [0.25, 0.3) is 6.08 Å². The van der Waals surface area contributed by atoms with Crippen molar-refractivity contribution in [2.45, 2.75) is 6.92 Å². The van der Waals surface area contributed by atoms with Gasteiger partial charge in [-0.05, 0) is 24.6 Å². The standard InChI is InChI=1S/C13H12ClFO3/c1-9(7-14)8-18-13-10(5-6-12(16)17)3-2-4-11(13)15/h2-7H,8H2,1H3,(H,16,17)/b6-5+,9-7-. The molecule has 0 aliphatic carbocycles. The van der Waals surface area contributed by atoms with Crippen LogP contribution in [0.1, 0.15) is 12.5 Å². The van der Waals surface area contributed by atoms with Gasteiger partial charge in [-0.2, -0.15) is 0 Å². The first-order valence-electron chi connectivity index (χ1n) is 5.12. The maximum atomic E-state index is 13.6. The lowest BCUT2D eigenvalue weighted by atomic mass is 10.2. The maximum absolute atomic E-state index is 13.6. The Labute approximate surface area is 109 Å². The second-order valence-electron chi connectivity index (χ2n) is 3.57. The SMILES string of the molecule is C/C(=C/Cl)COc1c(F)cccc1/C=C/C(=O)O. The van der Waals surface area contributed by atoms with E-state index in [4.69, 9.17) is 21.4 Å². The van der Waals surface area contributed by atoms with E-state index in [2.05, 4.69) is 0 Å². The zero-order chi connectivity index (χ0) is 13.5. The molecule has 0 saturated carbocycles. The first-order chi connectivity index (χ1) is 8.54. The molecular weight excluding hydrogens is 259 g/mol. The number of halogens is 2. The van der Waals surface area contributed by atoms with Crippen molar-refractivity contribution >= 4 is 23.6 Å². The number of carbonyl (C=O) groups is 1. The number of benzene rings is 1. The predicted molar refractivity (Wildman–Crippen MR) is 68.2 cm³/mol. The first kappa shape index (κ1) is 14.3. The van der Waals surface area contributed by atoms with E-state index < -0.39 is 11.8 Å². The van der Waals surface area contributed by atoms with Gasteiger partial charge in [0.05, 0.1) is 0 Å². The van der Waals surface area contributed by atoms with Crippen LogP contribution in [0.5, 0.6) is 5.75 Å². The van der Waals surface area contributed by atoms with Crippen molar-refractivity contribution in [1.29, 1.82) is 0 Å². The quantitative estimate of drug-likeness (QED) is 0.834. The van der Waals surface area contributed by atoms with Crippen molar-refractivity contribution in [2.24, 2.45) is 0 Å². The number of ether oxygens (including phenoxy) is 1. The Morgan fingerprint density at radius 2 is 2.28 bits per heavy atom. The lowest BCUT2D eigenvalue weighted by molar-refractivity contribution is -0.131. The fraction of sp³-hybridized carbons (Fsp3) is 0.154. The third kappa shape index (κ3) is 4.22. The summed E-state index contributed by atoms with van der Waals surface area (Å²) in [6.07, 6.45) is 2.20. The summed E-state index contributed by atoms with van der Waals surface area (Å²) in [6.45, 7) is 1.87. The molecule has 18 heavy (non-hydrogen) atoms. The molecule has 0 aromatic heterocycles. The molecule has 0 saturated heterocycles. The van der Waals surface area contributed by atoms with Gasteiger partial charge >= 0.3 is 5.97 Å². The van der Waals surface area contributed by atoms with E-state index >= 15 is 0 Å². The summed E-state index contributed by atoms with van der Waals surface area (Å²) in [5.41, 5.74) is 2.43. The molecule has 0 heterocycles. The summed E-state index contributed by atoms with van der Waals surface area (Å²) in [5, 5.41) is 8.54. The molecule has 1 aromatic carbocycles. The summed E-state index contributed by atoms with van der Waals surface area (Å²) < 4.78 is 18.9. The molecule has 1 N–H and O–H groups in total. The lowest BCUT2D eigenvalue weighted by Gasteiger charge is -2.10. The Hall–Kier alpha value is -1.81. The van der Waals surface area contributed by atoms with E-state index in [1.807, 2.05) is 0 Å². The molecule has 0 bridgehead atoms. The van der Waals surface area contributed by atoms with Crippen LogP contribution in [-0.4, -0.2) is 17.7 Å². The number of aliphatic carboxylic acids is 1. The summed E-state index contributed by atoms with van der Waals surface area (Å²) in [6, 6.07) is 4.29. The molecule has 0 fully saturated rings. The van der Waals surface area contributed by atoms with E-state index in [1.165, 1.54) is 23.7 Å². The van der Waals surface area contributed by atoms with Gasteiger partial charge in [-0.15, -0.1) is 0 Å². The zero-order valence-electron chi connectivity index (χ0n) is 9.69. The molecule has 1 aromatic rings. The molecule has 0 radical (unpaired) electrons. The van der Waals surface area contributed by atoms with Crippen molar-refractivity contribution in [2.75, 3.05) is 6.61 Å². The minimum Gasteiger partial charge on any atom is -0.486 e. The van der Waals surface area contributed by atoms with E-state index in [1.54, 1.807) is 13.0 Å². The fourth-order valence-corrected chi connectivity index (χ4v) is 1.25. The van der Waals surface area contributed by atoms with Crippen molar-refractivity contribution in [1.82, 2.24) is 0 Å². The van der Waals surface area contributed by atoms with E-state index in [9.17, 15) is 9.18 Å². The molecule has 0 unspecified atom stereocenters. The molecule has 0 atom stereocenters. The van der Waals surface area contributed by atoms with Gasteiger partial charge in [-0.3, -0.25) is 0 Å². The Balaban J connectivity index is 2.97. The van der Waals surface area contributed by atoms with Gasteiger partial charge in [-0.1, -0.05) is 23.7 Å². The van der Waals surface area contributed by atoms with Crippen molar-refractivity contribution < 1.29 is 19.0 Å². The fourth-order valence-electron chi connectivity index (χ4n) is 1.19. The normalized spacial score (nSPS) is 11.8. The smallest absolute Gasteiger partial charge is 0.328 e. The highest BCUT2D eigenvalue weighted by Crippen LogP contribution is 2.24. The molecule has 0 aliphatic rings. The van der Waals surface area contributed by atoms with Crippen LogP contribution < -0.4 is 4.74 Å². The third-order valence-corrected chi connectivity index (χ3v) is 2.41. The van der Waals surface area contributed by atoms with Gasteiger partial charge in [0.25, 0.3) is 0 Å². The van der Waals surface area contributed by atoms with Crippen molar-refractivity contribution in [3.8, 4) is 5.75 Å². The number of rotatable bonds is 5. The second kappa shape index (κ2) is 6.81. The van der Waals surface area contributed by atoms with Crippen LogP contribution in [-0.2, 0) is 4.79 Å². The monoisotopic (exact) mass is 270 g/mol. The maximum Gasteiger partial charge on any atom is 0.328 e. The number of para-hydroxylation sites is 1. The van der Waals surface area contributed by atoms with Gasteiger partial charge in [0.2, 0.25) is 0 Å². The molecule has 1 rings (SSSR count). The molecular formula is C13H12ClFO3. The van der Waals surface area contributed by atoms with E-state index in [0.717, 1.165) is 11.6 Å². The summed E-state index contributed by atoms with van der Waals surface area (Å²) in [4.78, 5) is 10.4. The highest BCUT2D eigenvalue weighted by molar-refractivity contribution is 6.25. The largest absolute Gasteiger partial charge is 0.486 e. The van der Waals surface area contributed by atoms with Gasteiger partial charge in [0.15, 0.2) is 11.6 Å². The van der Waals surface area contributed by atoms with E-state index in [-0.39, 0.29) is 12.4 Å². The minimum absolute atomic E-state index is 0.00728. The second-order valence-corrected chi connectivity index (χ2v) is 3.79. The van der Waals surface area contributed by atoms with Gasteiger partial charge < -0.3 is 9.84 Å². The summed E-state index contributed by atoms with van der Waals surface area (Å²) in [7, 11) is 0. The molecule has 3 nitrogen and oxygen atoms in total. The topological polar surface area (TPSA) is 46.5 Å². The molecule has 0 spiro atoms. The predicted octanol–water partition coefficient (Wildman–Crippen LogP) is 3.44. The third-order valence-electron chi connectivity index (χ3n) is 2.03. The van der Waals surface area contributed by atoms with Crippen molar-refractivity contribution in [3.63, 3.8) is 0 Å². The number of hydrogen-bond donors (Lipinski definition) is 1. The Morgan fingerprint density at radius 1 is 1.56 bits per heavy atom. The molecule has 5 heteroatoms. The van der Waals surface area contributed by atoms with Gasteiger partial charge in [0.1, 0.15) is 6.61 Å². The number of hydrogen-bond acceptors (Lipinski definition) is 2. The average Bonchev–Trinajstić information content (AvgIpc) is 2.34. The van der Waals surface area contributed by atoms with Crippen LogP contribution in [0.4, 0.5) is 4.39 Å². The molecule has 0 aliphatic heterocycles. The first-order valence-corrected chi connectivity index (χ1v) is 5.56. The Bertz CT molecular complexity index is 495. The van der Waals surface area contributed by atoms with Crippen LogP contribution in [0.15, 0.2) is 35.4 Å². The molecule has 96 valence electrons. The van der Waals surface area contributed by atoms with E-state index in [0.29, 0.717) is 5.56 Å². The highest BCUT2D eigenvalue weighted by Gasteiger charge is 2.08.